The largest absolute Gasteiger partial charge is 0.480 e. The number of carboxylic acids is 1. The fourth-order valence-electron chi connectivity index (χ4n) is 2.86. The van der Waals surface area contributed by atoms with Crippen LogP contribution in [0.2, 0.25) is 0 Å². The Bertz CT molecular complexity index is 447. The van der Waals surface area contributed by atoms with E-state index in [2.05, 4.69) is 0 Å². The highest BCUT2D eigenvalue weighted by Gasteiger charge is 2.41. The average molecular weight is 306 g/mol. The molecule has 0 aromatic rings. The molecule has 2 rings (SSSR count). The van der Waals surface area contributed by atoms with Gasteiger partial charge in [0.2, 0.25) is 0 Å². The summed E-state index contributed by atoms with van der Waals surface area (Å²) in [4.78, 5) is 11.2. The Morgan fingerprint density at radius 3 is 2.55 bits per heavy atom. The van der Waals surface area contributed by atoms with Gasteiger partial charge in [0.1, 0.15) is 6.04 Å². The third-order valence-electron chi connectivity index (χ3n) is 4.11. The molecule has 8 heteroatoms. The molecule has 0 radical (unpaired) electrons. The summed E-state index contributed by atoms with van der Waals surface area (Å²) < 4.78 is 32.8. The first-order chi connectivity index (χ1) is 9.44. The number of nitrogens with zero attached hydrogens (tertiary/aromatic N) is 2. The van der Waals surface area contributed by atoms with E-state index in [9.17, 15) is 13.2 Å². The summed E-state index contributed by atoms with van der Waals surface area (Å²) in [5, 5.41) is 9.16. The summed E-state index contributed by atoms with van der Waals surface area (Å²) in [6, 6.07) is -1.15. The Morgan fingerprint density at radius 1 is 1.30 bits per heavy atom. The van der Waals surface area contributed by atoms with Crippen LogP contribution >= 0.6 is 0 Å². The average Bonchev–Trinajstić information content (AvgIpc) is 2.47. The summed E-state index contributed by atoms with van der Waals surface area (Å²) in [6.45, 7) is 0.241. The van der Waals surface area contributed by atoms with Crippen molar-refractivity contribution in [3.05, 3.63) is 0 Å². The summed E-state index contributed by atoms with van der Waals surface area (Å²) in [6.07, 6.45) is 4.88. The van der Waals surface area contributed by atoms with Gasteiger partial charge in [0.05, 0.1) is 13.2 Å². The van der Waals surface area contributed by atoms with Gasteiger partial charge >= 0.3 is 5.97 Å². The zero-order valence-electron chi connectivity index (χ0n) is 11.7. The van der Waals surface area contributed by atoms with E-state index in [4.69, 9.17) is 9.84 Å². The molecule has 0 bridgehead atoms. The van der Waals surface area contributed by atoms with Gasteiger partial charge in [-0.15, -0.1) is 0 Å². The summed E-state index contributed by atoms with van der Waals surface area (Å²) >= 11 is 0. The molecule has 20 heavy (non-hydrogen) atoms. The SMILES string of the molecule is CN(C1CCCCC1)S(=O)(=O)N1CCOCC1C(=O)O. The molecule has 2 aliphatic rings. The smallest absolute Gasteiger partial charge is 0.324 e. The number of ether oxygens (including phenoxy) is 1. The lowest BCUT2D eigenvalue weighted by atomic mass is 9.96. The van der Waals surface area contributed by atoms with Gasteiger partial charge in [-0.3, -0.25) is 4.79 Å². The van der Waals surface area contributed by atoms with Crippen LogP contribution in [0.15, 0.2) is 0 Å². The van der Waals surface area contributed by atoms with Crippen molar-refractivity contribution in [3.63, 3.8) is 0 Å². The van der Waals surface area contributed by atoms with E-state index in [0.29, 0.717) is 0 Å². The number of hydrogen-bond acceptors (Lipinski definition) is 4. The Hall–Kier alpha value is -0.700. The molecule has 1 aliphatic heterocycles. The van der Waals surface area contributed by atoms with Gasteiger partial charge < -0.3 is 9.84 Å². The summed E-state index contributed by atoms with van der Waals surface area (Å²) in [7, 11) is -2.19. The maximum absolute atomic E-state index is 12.6. The van der Waals surface area contributed by atoms with Crippen LogP contribution in [-0.2, 0) is 19.7 Å². The molecule has 1 atom stereocenters. The second kappa shape index (κ2) is 6.38. The van der Waals surface area contributed by atoms with Crippen molar-refractivity contribution in [3.8, 4) is 0 Å². The molecular formula is C12H22N2O5S. The van der Waals surface area contributed by atoms with Crippen molar-refractivity contribution in [1.82, 2.24) is 8.61 Å². The number of carbonyl (C=O) groups is 1. The van der Waals surface area contributed by atoms with E-state index < -0.39 is 22.2 Å². The van der Waals surface area contributed by atoms with Crippen LogP contribution in [-0.4, -0.2) is 67.0 Å². The number of morpholine rings is 1. The third kappa shape index (κ3) is 3.13. The van der Waals surface area contributed by atoms with Crippen molar-refractivity contribution >= 4 is 16.2 Å². The number of carboxylic acid groups (broad SMARTS) is 1. The van der Waals surface area contributed by atoms with Crippen LogP contribution in [0.5, 0.6) is 0 Å². The Balaban J connectivity index is 2.16. The van der Waals surface area contributed by atoms with E-state index >= 15 is 0 Å². The molecular weight excluding hydrogens is 284 g/mol. The van der Waals surface area contributed by atoms with E-state index in [1.165, 1.54) is 4.31 Å². The zero-order chi connectivity index (χ0) is 14.8. The standard InChI is InChI=1S/C12H22N2O5S/c1-13(10-5-3-2-4-6-10)20(17,18)14-7-8-19-9-11(14)12(15)16/h10-11H,2-9H2,1H3,(H,15,16). The molecule has 0 amide bonds. The lowest BCUT2D eigenvalue weighted by molar-refractivity contribution is -0.146. The van der Waals surface area contributed by atoms with Gasteiger partial charge in [-0.25, -0.2) is 0 Å². The molecule has 1 N–H and O–H groups in total. The Labute approximate surface area is 119 Å². The van der Waals surface area contributed by atoms with Gasteiger partial charge in [0.25, 0.3) is 10.2 Å². The molecule has 1 aliphatic carbocycles. The fourth-order valence-corrected chi connectivity index (χ4v) is 4.55. The van der Waals surface area contributed by atoms with Crippen molar-refractivity contribution in [1.29, 1.82) is 0 Å². The molecule has 0 spiro atoms. The van der Waals surface area contributed by atoms with E-state index in [-0.39, 0.29) is 25.8 Å². The number of hydrogen-bond donors (Lipinski definition) is 1. The number of aliphatic carboxylic acids is 1. The van der Waals surface area contributed by atoms with Crippen LogP contribution in [0, 0.1) is 0 Å². The van der Waals surface area contributed by atoms with Crippen molar-refractivity contribution in [2.24, 2.45) is 0 Å². The van der Waals surface area contributed by atoms with Crippen LogP contribution in [0.4, 0.5) is 0 Å². The van der Waals surface area contributed by atoms with E-state index in [1.807, 2.05) is 0 Å². The second-order valence-electron chi connectivity index (χ2n) is 5.36. The van der Waals surface area contributed by atoms with Gasteiger partial charge in [-0.1, -0.05) is 19.3 Å². The number of rotatable bonds is 4. The topological polar surface area (TPSA) is 87.2 Å². The maximum Gasteiger partial charge on any atom is 0.324 e. The van der Waals surface area contributed by atoms with E-state index in [1.54, 1.807) is 7.05 Å². The normalized spacial score (nSPS) is 26.8. The van der Waals surface area contributed by atoms with Crippen molar-refractivity contribution in [2.75, 3.05) is 26.8 Å². The lowest BCUT2D eigenvalue weighted by Gasteiger charge is -2.38. The van der Waals surface area contributed by atoms with Crippen LogP contribution in [0.3, 0.4) is 0 Å². The highest BCUT2D eigenvalue weighted by molar-refractivity contribution is 7.86. The van der Waals surface area contributed by atoms with Crippen LogP contribution in [0.1, 0.15) is 32.1 Å². The minimum Gasteiger partial charge on any atom is -0.480 e. The Kier molecular flexibility index (Phi) is 5.00. The Morgan fingerprint density at radius 2 is 1.95 bits per heavy atom. The molecule has 7 nitrogen and oxygen atoms in total. The first kappa shape index (κ1) is 15.7. The minimum atomic E-state index is -3.75. The zero-order valence-corrected chi connectivity index (χ0v) is 12.5. The molecule has 2 fully saturated rings. The quantitative estimate of drug-likeness (QED) is 0.806. The monoisotopic (exact) mass is 306 g/mol. The van der Waals surface area contributed by atoms with Gasteiger partial charge in [0.15, 0.2) is 0 Å². The van der Waals surface area contributed by atoms with Crippen LogP contribution < -0.4 is 0 Å². The summed E-state index contributed by atoms with van der Waals surface area (Å²) in [5.74, 6) is -1.16. The highest BCUT2D eigenvalue weighted by Crippen LogP contribution is 2.26. The highest BCUT2D eigenvalue weighted by atomic mass is 32.2. The molecule has 0 aromatic heterocycles. The minimum absolute atomic E-state index is 0.0222. The predicted molar refractivity (Wildman–Crippen MR) is 72.5 cm³/mol. The molecule has 116 valence electrons. The molecule has 1 heterocycles. The first-order valence-corrected chi connectivity index (χ1v) is 8.39. The van der Waals surface area contributed by atoms with E-state index in [0.717, 1.165) is 36.4 Å². The molecule has 1 saturated heterocycles. The molecule has 1 unspecified atom stereocenters. The van der Waals surface area contributed by atoms with Crippen molar-refractivity contribution in [2.45, 2.75) is 44.2 Å². The maximum atomic E-state index is 12.6. The third-order valence-corrected chi connectivity index (χ3v) is 6.17. The second-order valence-corrected chi connectivity index (χ2v) is 7.30. The van der Waals surface area contributed by atoms with Gasteiger partial charge in [-0.2, -0.15) is 17.0 Å². The molecule has 0 aromatic carbocycles. The van der Waals surface area contributed by atoms with Crippen molar-refractivity contribution < 1.29 is 23.1 Å². The predicted octanol–water partition coefficient (Wildman–Crippen LogP) is 0.281. The fraction of sp³-hybridized carbons (Fsp3) is 0.917. The van der Waals surface area contributed by atoms with Gasteiger partial charge in [0, 0.05) is 19.6 Å². The van der Waals surface area contributed by atoms with Crippen LogP contribution in [0.25, 0.3) is 0 Å². The lowest BCUT2D eigenvalue weighted by Crippen LogP contribution is -2.57. The van der Waals surface area contributed by atoms with Gasteiger partial charge in [-0.05, 0) is 12.8 Å². The first-order valence-electron chi connectivity index (χ1n) is 7.00. The summed E-state index contributed by atoms with van der Waals surface area (Å²) in [5.41, 5.74) is 0. The molecule has 1 saturated carbocycles.